The quantitative estimate of drug-likeness (QED) is 0.814. The lowest BCUT2D eigenvalue weighted by atomic mass is 10.2. The van der Waals surface area contributed by atoms with Crippen molar-refractivity contribution in [1.29, 1.82) is 0 Å². The highest BCUT2D eigenvalue weighted by Crippen LogP contribution is 2.31. The standard InChI is InChI=1S/C14H22N2O2S/c1-11(2)9-16(14-6-7-14)19(17,18)10-12-4-3-5-13(15)8-12/h3-5,8,11,14H,6-7,9-10,15H2,1-2H3. The lowest BCUT2D eigenvalue weighted by Gasteiger charge is -2.23. The van der Waals surface area contributed by atoms with Crippen LogP contribution in [0, 0.1) is 5.92 Å². The van der Waals surface area contributed by atoms with Gasteiger partial charge in [-0.15, -0.1) is 0 Å². The summed E-state index contributed by atoms with van der Waals surface area (Å²) in [5.41, 5.74) is 7.06. The molecule has 1 aliphatic carbocycles. The van der Waals surface area contributed by atoms with Crippen molar-refractivity contribution < 1.29 is 8.42 Å². The Morgan fingerprint density at radius 2 is 2.05 bits per heavy atom. The molecule has 0 heterocycles. The highest BCUT2D eigenvalue weighted by molar-refractivity contribution is 7.88. The number of nitrogen functional groups attached to an aromatic ring is 1. The summed E-state index contributed by atoms with van der Waals surface area (Å²) in [6.07, 6.45) is 1.98. The Balaban J connectivity index is 2.15. The summed E-state index contributed by atoms with van der Waals surface area (Å²) in [4.78, 5) is 0. The molecule has 0 spiro atoms. The topological polar surface area (TPSA) is 63.4 Å². The van der Waals surface area contributed by atoms with Gasteiger partial charge in [-0.1, -0.05) is 26.0 Å². The van der Waals surface area contributed by atoms with Gasteiger partial charge in [-0.3, -0.25) is 0 Å². The van der Waals surface area contributed by atoms with Crippen molar-refractivity contribution in [3.05, 3.63) is 29.8 Å². The SMILES string of the molecule is CC(C)CN(C1CC1)S(=O)(=O)Cc1cccc(N)c1. The van der Waals surface area contributed by atoms with Crippen molar-refractivity contribution in [3.8, 4) is 0 Å². The number of rotatable bonds is 6. The van der Waals surface area contributed by atoms with Crippen LogP contribution in [0.4, 0.5) is 5.69 Å². The Kier molecular flexibility index (Phi) is 4.16. The van der Waals surface area contributed by atoms with Crippen LogP contribution in [0.3, 0.4) is 0 Å². The van der Waals surface area contributed by atoms with E-state index in [-0.39, 0.29) is 11.8 Å². The summed E-state index contributed by atoms with van der Waals surface area (Å²) in [7, 11) is -3.25. The zero-order valence-corrected chi connectivity index (χ0v) is 12.4. The van der Waals surface area contributed by atoms with Gasteiger partial charge in [-0.25, -0.2) is 8.42 Å². The van der Waals surface area contributed by atoms with E-state index in [1.54, 1.807) is 22.5 Å². The number of nitrogens with zero attached hydrogens (tertiary/aromatic N) is 1. The molecule has 0 unspecified atom stereocenters. The summed E-state index contributed by atoms with van der Waals surface area (Å²) in [6, 6.07) is 7.33. The molecule has 0 atom stereocenters. The van der Waals surface area contributed by atoms with E-state index in [9.17, 15) is 8.42 Å². The van der Waals surface area contributed by atoms with Gasteiger partial charge in [0.15, 0.2) is 0 Å². The third-order valence-electron chi connectivity index (χ3n) is 3.16. The molecule has 2 rings (SSSR count). The first-order chi connectivity index (χ1) is 8.88. The van der Waals surface area contributed by atoms with E-state index in [1.165, 1.54) is 0 Å². The number of hydrogen-bond acceptors (Lipinski definition) is 3. The average Bonchev–Trinajstić information content (AvgIpc) is 3.08. The molecule has 0 bridgehead atoms. The Hall–Kier alpha value is -1.07. The van der Waals surface area contributed by atoms with Crippen molar-refractivity contribution in [2.24, 2.45) is 5.92 Å². The predicted octanol–water partition coefficient (Wildman–Crippen LogP) is 2.22. The monoisotopic (exact) mass is 282 g/mol. The summed E-state index contributed by atoms with van der Waals surface area (Å²) in [6.45, 7) is 4.70. The maximum absolute atomic E-state index is 12.5. The molecule has 0 radical (unpaired) electrons. The van der Waals surface area contributed by atoms with Crippen molar-refractivity contribution in [3.63, 3.8) is 0 Å². The number of sulfonamides is 1. The second-order valence-corrected chi connectivity index (χ2v) is 7.62. The molecule has 0 amide bonds. The Morgan fingerprint density at radius 1 is 1.37 bits per heavy atom. The lowest BCUT2D eigenvalue weighted by Crippen LogP contribution is -2.36. The molecule has 1 aromatic rings. The van der Waals surface area contributed by atoms with Crippen molar-refractivity contribution >= 4 is 15.7 Å². The normalized spacial score (nSPS) is 16.2. The zero-order chi connectivity index (χ0) is 14.0. The summed E-state index contributed by atoms with van der Waals surface area (Å²) >= 11 is 0. The number of anilines is 1. The zero-order valence-electron chi connectivity index (χ0n) is 11.5. The van der Waals surface area contributed by atoms with Crippen LogP contribution in [-0.4, -0.2) is 25.3 Å². The fraction of sp³-hybridized carbons (Fsp3) is 0.571. The van der Waals surface area contributed by atoms with Crippen LogP contribution in [0.1, 0.15) is 32.3 Å². The molecule has 4 nitrogen and oxygen atoms in total. The minimum atomic E-state index is -3.25. The van der Waals surface area contributed by atoms with Crippen molar-refractivity contribution in [2.45, 2.75) is 38.5 Å². The van der Waals surface area contributed by atoms with Crippen LogP contribution < -0.4 is 5.73 Å². The number of nitrogens with two attached hydrogens (primary N) is 1. The molecule has 1 fully saturated rings. The Bertz CT molecular complexity index is 536. The molecule has 106 valence electrons. The summed E-state index contributed by atoms with van der Waals surface area (Å²) < 4.78 is 26.7. The van der Waals surface area contributed by atoms with Gasteiger partial charge < -0.3 is 5.73 Å². The summed E-state index contributed by atoms with van der Waals surface area (Å²) in [5.74, 6) is 0.387. The van der Waals surface area contributed by atoms with Gasteiger partial charge in [-0.2, -0.15) is 4.31 Å². The van der Waals surface area contributed by atoms with E-state index >= 15 is 0 Å². The fourth-order valence-corrected chi connectivity index (χ4v) is 4.15. The van der Waals surface area contributed by atoms with Crippen LogP contribution in [-0.2, 0) is 15.8 Å². The highest BCUT2D eigenvalue weighted by atomic mass is 32.2. The number of benzene rings is 1. The van der Waals surface area contributed by atoms with E-state index in [0.29, 0.717) is 18.2 Å². The lowest BCUT2D eigenvalue weighted by molar-refractivity contribution is 0.359. The Labute approximate surface area is 115 Å². The molecule has 0 saturated heterocycles. The van der Waals surface area contributed by atoms with Gasteiger partial charge in [0.05, 0.1) is 5.75 Å². The molecule has 2 N–H and O–H groups in total. The maximum atomic E-state index is 12.5. The minimum absolute atomic E-state index is 0.0429. The second-order valence-electron chi connectivity index (χ2n) is 5.70. The molecule has 0 aliphatic heterocycles. The first-order valence-electron chi connectivity index (χ1n) is 6.72. The molecule has 5 heteroatoms. The van der Waals surface area contributed by atoms with E-state index in [4.69, 9.17) is 5.73 Å². The van der Waals surface area contributed by atoms with Gasteiger partial charge in [0, 0.05) is 18.3 Å². The second kappa shape index (κ2) is 5.51. The van der Waals surface area contributed by atoms with E-state index in [2.05, 4.69) is 0 Å². The largest absolute Gasteiger partial charge is 0.399 e. The van der Waals surface area contributed by atoms with Crippen LogP contribution in [0.15, 0.2) is 24.3 Å². The molecule has 19 heavy (non-hydrogen) atoms. The number of hydrogen-bond donors (Lipinski definition) is 1. The fourth-order valence-electron chi connectivity index (χ4n) is 2.19. The van der Waals surface area contributed by atoms with Crippen LogP contribution in [0.2, 0.25) is 0 Å². The van der Waals surface area contributed by atoms with Crippen LogP contribution in [0.5, 0.6) is 0 Å². The van der Waals surface area contributed by atoms with Gasteiger partial charge in [0.2, 0.25) is 10.0 Å². The first-order valence-corrected chi connectivity index (χ1v) is 8.33. The maximum Gasteiger partial charge on any atom is 0.218 e. The first kappa shape index (κ1) is 14.3. The molecule has 1 aliphatic rings. The van der Waals surface area contributed by atoms with E-state index in [0.717, 1.165) is 18.4 Å². The molecule has 1 aromatic carbocycles. The predicted molar refractivity (Wildman–Crippen MR) is 78.0 cm³/mol. The molecule has 0 aromatic heterocycles. The van der Waals surface area contributed by atoms with E-state index < -0.39 is 10.0 Å². The van der Waals surface area contributed by atoms with Gasteiger partial charge in [0.1, 0.15) is 0 Å². The minimum Gasteiger partial charge on any atom is -0.399 e. The van der Waals surface area contributed by atoms with Crippen LogP contribution >= 0.6 is 0 Å². The summed E-state index contributed by atoms with van der Waals surface area (Å²) in [5, 5.41) is 0. The molecular formula is C14H22N2O2S. The molecule has 1 saturated carbocycles. The third kappa shape index (κ3) is 3.94. The van der Waals surface area contributed by atoms with Gasteiger partial charge in [-0.05, 0) is 36.5 Å². The molecular weight excluding hydrogens is 260 g/mol. The smallest absolute Gasteiger partial charge is 0.218 e. The van der Waals surface area contributed by atoms with E-state index in [1.807, 2.05) is 19.9 Å². The van der Waals surface area contributed by atoms with Gasteiger partial charge in [0.25, 0.3) is 0 Å². The van der Waals surface area contributed by atoms with Gasteiger partial charge >= 0.3 is 0 Å². The highest BCUT2D eigenvalue weighted by Gasteiger charge is 2.37. The Morgan fingerprint density at radius 3 is 2.58 bits per heavy atom. The average molecular weight is 282 g/mol. The van der Waals surface area contributed by atoms with Crippen molar-refractivity contribution in [1.82, 2.24) is 4.31 Å². The van der Waals surface area contributed by atoms with Crippen molar-refractivity contribution in [2.75, 3.05) is 12.3 Å². The van der Waals surface area contributed by atoms with Crippen LogP contribution in [0.25, 0.3) is 0 Å². The third-order valence-corrected chi connectivity index (χ3v) is 5.02.